The highest BCUT2D eigenvalue weighted by atomic mass is 19.3. The number of ether oxygens (including phenoxy) is 1. The van der Waals surface area contributed by atoms with Gasteiger partial charge in [0.15, 0.2) is 0 Å². The molecule has 33 heavy (non-hydrogen) atoms. The first kappa shape index (κ1) is 21.7. The fourth-order valence-electron chi connectivity index (χ4n) is 4.66. The summed E-state index contributed by atoms with van der Waals surface area (Å²) >= 11 is 0. The third kappa shape index (κ3) is 3.71. The second-order valence-corrected chi connectivity index (χ2v) is 8.44. The van der Waals surface area contributed by atoms with Gasteiger partial charge in [0.05, 0.1) is 11.4 Å². The lowest BCUT2D eigenvalue weighted by molar-refractivity contribution is -0.140. The van der Waals surface area contributed by atoms with Gasteiger partial charge >= 0.3 is 11.6 Å². The molecule has 1 aromatic carbocycles. The zero-order valence-electron chi connectivity index (χ0n) is 17.9. The van der Waals surface area contributed by atoms with Crippen LogP contribution in [0.4, 0.5) is 14.6 Å². The largest absolute Gasteiger partial charge is 0.384 e. The minimum atomic E-state index is -3.67. The molecular weight excluding hydrogens is 434 g/mol. The van der Waals surface area contributed by atoms with E-state index in [2.05, 4.69) is 10.1 Å². The maximum absolute atomic E-state index is 14.8. The van der Waals surface area contributed by atoms with E-state index in [0.717, 1.165) is 28.7 Å². The van der Waals surface area contributed by atoms with E-state index in [1.807, 2.05) is 47.0 Å². The average molecular weight is 458 g/mol. The fraction of sp³-hybridized carbons (Fsp3) is 0.409. The van der Waals surface area contributed by atoms with Gasteiger partial charge in [-0.1, -0.05) is 30.3 Å². The Labute approximate surface area is 188 Å². The van der Waals surface area contributed by atoms with E-state index in [1.54, 1.807) is 0 Å². The Kier molecular flexibility index (Phi) is 5.26. The Morgan fingerprint density at radius 2 is 2.03 bits per heavy atom. The Morgan fingerprint density at radius 3 is 2.76 bits per heavy atom. The molecule has 2 aliphatic rings. The number of anilines is 1. The van der Waals surface area contributed by atoms with Crippen molar-refractivity contribution in [2.75, 3.05) is 18.8 Å². The first-order valence-electron chi connectivity index (χ1n) is 10.6. The van der Waals surface area contributed by atoms with Crippen molar-refractivity contribution in [1.82, 2.24) is 24.2 Å². The van der Waals surface area contributed by atoms with Crippen molar-refractivity contribution in [3.05, 3.63) is 64.3 Å². The monoisotopic (exact) mass is 458 g/mol. The van der Waals surface area contributed by atoms with Gasteiger partial charge in [0.25, 0.3) is 0 Å². The Morgan fingerprint density at radius 1 is 1.27 bits per heavy atom. The summed E-state index contributed by atoms with van der Waals surface area (Å²) in [5.41, 5.74) is 8.61. The molecule has 2 aromatic heterocycles. The summed E-state index contributed by atoms with van der Waals surface area (Å²) in [6.45, 7) is 1.12. The number of fused-ring (bicyclic) bond motifs is 1. The van der Waals surface area contributed by atoms with Crippen molar-refractivity contribution in [1.29, 1.82) is 0 Å². The Balaban J connectivity index is 1.34. The van der Waals surface area contributed by atoms with Crippen LogP contribution in [0, 0.1) is 0 Å². The molecule has 4 heterocycles. The van der Waals surface area contributed by atoms with Crippen molar-refractivity contribution in [2.24, 2.45) is 7.05 Å². The normalized spacial score (nSPS) is 24.7. The van der Waals surface area contributed by atoms with Gasteiger partial charge in [0.1, 0.15) is 18.0 Å². The topological polar surface area (TPSA) is 111 Å². The van der Waals surface area contributed by atoms with Gasteiger partial charge in [-0.3, -0.25) is 14.1 Å². The van der Waals surface area contributed by atoms with E-state index in [0.29, 0.717) is 24.1 Å². The number of alkyl halides is 2. The maximum atomic E-state index is 14.8. The van der Waals surface area contributed by atoms with Crippen LogP contribution in [-0.2, 0) is 24.8 Å². The summed E-state index contributed by atoms with van der Waals surface area (Å²) in [5.74, 6) is -3.75. The Bertz CT molecular complexity index is 1230. The zero-order chi connectivity index (χ0) is 23.3. The van der Waals surface area contributed by atoms with Crippen molar-refractivity contribution >= 4 is 5.82 Å². The van der Waals surface area contributed by atoms with Gasteiger partial charge in [0.2, 0.25) is 6.23 Å². The van der Waals surface area contributed by atoms with Crippen LogP contribution < -0.4 is 11.4 Å². The summed E-state index contributed by atoms with van der Waals surface area (Å²) in [5, 5.41) is 15.0. The van der Waals surface area contributed by atoms with E-state index < -0.39 is 30.0 Å². The Hall–Kier alpha value is -3.15. The number of nitrogen functional groups attached to an aromatic ring is 1. The first-order valence-corrected chi connectivity index (χ1v) is 10.6. The predicted molar refractivity (Wildman–Crippen MR) is 115 cm³/mol. The van der Waals surface area contributed by atoms with Crippen LogP contribution in [0.1, 0.15) is 17.5 Å². The number of aryl methyl sites for hydroxylation is 1. The molecular formula is C22H24F2N6O3. The number of hydrogen-bond acceptors (Lipinski definition) is 7. The lowest BCUT2D eigenvalue weighted by Crippen LogP contribution is -2.44. The van der Waals surface area contributed by atoms with Crippen LogP contribution in [0.5, 0.6) is 0 Å². The number of rotatable bonds is 4. The quantitative estimate of drug-likeness (QED) is 0.604. The molecule has 0 spiro atoms. The van der Waals surface area contributed by atoms with E-state index in [-0.39, 0.29) is 12.4 Å². The molecule has 11 heteroatoms. The number of aliphatic hydroxyl groups excluding tert-OH is 1. The summed E-state index contributed by atoms with van der Waals surface area (Å²) < 4.78 is 37.7. The second-order valence-electron chi connectivity index (χ2n) is 8.44. The molecule has 2 aliphatic heterocycles. The van der Waals surface area contributed by atoms with E-state index in [9.17, 15) is 18.7 Å². The SMILES string of the molecule is Cn1nc2c(c1-c1ccccc1)CCN(C[C@H]1O[C@@H](n3ccc(N)nc3=O)C(F)(F)[C@@H]1O)C2. The number of nitrogens with zero attached hydrogens (tertiary/aromatic N) is 5. The molecule has 0 saturated carbocycles. The molecule has 3 aromatic rings. The number of nitrogens with two attached hydrogens (primary N) is 1. The molecule has 1 saturated heterocycles. The number of benzene rings is 1. The van der Waals surface area contributed by atoms with Gasteiger partial charge in [-0.15, -0.1) is 0 Å². The molecule has 1 fully saturated rings. The standard InChI is InChI=1S/C22H24F2N6O3/c1-28-18(13-5-3-2-4-6-13)14-7-9-29(11-15(14)27-28)12-16-19(31)22(23,24)20(33-16)30-10-8-17(25)26-21(30)32/h2-6,8,10,16,19-20,31H,7,9,11-12H2,1H3,(H2,25,26,32)/t16-,19-,20-/m1/s1. The fourth-order valence-corrected chi connectivity index (χ4v) is 4.66. The summed E-state index contributed by atoms with van der Waals surface area (Å²) in [6, 6.07) is 11.2. The maximum Gasteiger partial charge on any atom is 0.351 e. The molecule has 9 nitrogen and oxygen atoms in total. The molecule has 3 N–H and O–H groups in total. The van der Waals surface area contributed by atoms with E-state index >= 15 is 0 Å². The highest BCUT2D eigenvalue weighted by Gasteiger charge is 2.59. The predicted octanol–water partition coefficient (Wildman–Crippen LogP) is 1.18. The number of halogens is 2. The van der Waals surface area contributed by atoms with Gasteiger partial charge < -0.3 is 15.6 Å². The van der Waals surface area contributed by atoms with Gasteiger partial charge in [-0.25, -0.2) is 4.79 Å². The second kappa shape index (κ2) is 8.01. The molecule has 0 bridgehead atoms. The van der Waals surface area contributed by atoms with Crippen LogP contribution in [0.2, 0.25) is 0 Å². The lowest BCUT2D eigenvalue weighted by atomic mass is 9.99. The van der Waals surface area contributed by atoms with E-state index in [4.69, 9.17) is 10.5 Å². The smallest absolute Gasteiger partial charge is 0.351 e. The summed E-state index contributed by atoms with van der Waals surface area (Å²) in [6.07, 6.45) is -3.43. The minimum Gasteiger partial charge on any atom is -0.384 e. The first-order chi connectivity index (χ1) is 15.8. The molecule has 3 atom stereocenters. The van der Waals surface area contributed by atoms with Gasteiger partial charge in [-0.2, -0.15) is 18.9 Å². The third-order valence-corrected chi connectivity index (χ3v) is 6.25. The zero-order valence-corrected chi connectivity index (χ0v) is 17.9. The number of aliphatic hydroxyl groups is 1. The lowest BCUT2D eigenvalue weighted by Gasteiger charge is -2.29. The number of hydrogen-bond donors (Lipinski definition) is 2. The van der Waals surface area contributed by atoms with Crippen LogP contribution in [-0.4, -0.2) is 60.6 Å². The highest BCUT2D eigenvalue weighted by molar-refractivity contribution is 5.65. The van der Waals surface area contributed by atoms with Crippen molar-refractivity contribution in [2.45, 2.75) is 37.3 Å². The molecule has 5 rings (SSSR count). The van der Waals surface area contributed by atoms with Crippen LogP contribution in [0.3, 0.4) is 0 Å². The van der Waals surface area contributed by atoms with Crippen molar-refractivity contribution in [3.63, 3.8) is 0 Å². The highest BCUT2D eigenvalue weighted by Crippen LogP contribution is 2.42. The summed E-state index contributed by atoms with van der Waals surface area (Å²) in [7, 11) is 1.89. The van der Waals surface area contributed by atoms with Crippen molar-refractivity contribution in [3.8, 4) is 11.3 Å². The van der Waals surface area contributed by atoms with Crippen molar-refractivity contribution < 1.29 is 18.6 Å². The van der Waals surface area contributed by atoms with Crippen LogP contribution in [0.15, 0.2) is 47.4 Å². The number of aromatic nitrogens is 4. The van der Waals surface area contributed by atoms with E-state index in [1.165, 1.54) is 6.07 Å². The molecule has 0 radical (unpaired) electrons. The molecule has 0 amide bonds. The minimum absolute atomic E-state index is 0.0705. The average Bonchev–Trinajstić information content (AvgIpc) is 3.22. The van der Waals surface area contributed by atoms with Crippen LogP contribution >= 0.6 is 0 Å². The molecule has 0 aliphatic carbocycles. The van der Waals surface area contributed by atoms with Crippen LogP contribution in [0.25, 0.3) is 11.3 Å². The molecule has 174 valence electrons. The van der Waals surface area contributed by atoms with Gasteiger partial charge in [0, 0.05) is 44.0 Å². The summed E-state index contributed by atoms with van der Waals surface area (Å²) in [4.78, 5) is 17.5. The third-order valence-electron chi connectivity index (χ3n) is 6.25. The molecule has 0 unspecified atom stereocenters. The van der Waals surface area contributed by atoms with Gasteiger partial charge in [-0.05, 0) is 12.5 Å².